The van der Waals surface area contributed by atoms with E-state index in [-0.39, 0.29) is 0 Å². The van der Waals surface area contributed by atoms with Crippen molar-refractivity contribution in [3.8, 4) is 0 Å². The van der Waals surface area contributed by atoms with Crippen molar-refractivity contribution in [1.82, 2.24) is 10.2 Å². The van der Waals surface area contributed by atoms with Crippen molar-refractivity contribution in [3.05, 3.63) is 12.2 Å². The van der Waals surface area contributed by atoms with Gasteiger partial charge in [0.1, 0.15) is 0 Å². The minimum atomic E-state index is 0.299. The summed E-state index contributed by atoms with van der Waals surface area (Å²) in [6.45, 7) is 14.7. The second-order valence-electron chi connectivity index (χ2n) is 5.60. The molecular weight excluding hydrogens is 196 g/mol. The van der Waals surface area contributed by atoms with Gasteiger partial charge in [-0.2, -0.15) is 0 Å². The van der Waals surface area contributed by atoms with Crippen LogP contribution in [0, 0.1) is 5.92 Å². The number of rotatable bonds is 4. The number of nitrogens with one attached hydrogen (secondary N) is 1. The fraction of sp³-hybridized carbons (Fsp3) is 0.857. The van der Waals surface area contributed by atoms with Gasteiger partial charge in [0.15, 0.2) is 0 Å². The molecule has 0 aromatic rings. The van der Waals surface area contributed by atoms with Crippen LogP contribution in [0.3, 0.4) is 0 Å². The fourth-order valence-electron chi connectivity index (χ4n) is 2.44. The molecule has 16 heavy (non-hydrogen) atoms. The molecule has 1 aliphatic rings. The molecule has 2 nitrogen and oxygen atoms in total. The average Bonchev–Trinajstić information content (AvgIpc) is 2.26. The molecule has 2 heteroatoms. The van der Waals surface area contributed by atoms with Crippen molar-refractivity contribution in [1.29, 1.82) is 0 Å². The second-order valence-corrected chi connectivity index (χ2v) is 5.60. The van der Waals surface area contributed by atoms with Crippen molar-refractivity contribution in [2.45, 2.75) is 52.6 Å². The molecule has 2 unspecified atom stereocenters. The topological polar surface area (TPSA) is 15.3 Å². The van der Waals surface area contributed by atoms with E-state index in [1.807, 2.05) is 0 Å². The van der Waals surface area contributed by atoms with Crippen LogP contribution < -0.4 is 5.32 Å². The van der Waals surface area contributed by atoms with E-state index < -0.39 is 0 Å². The van der Waals surface area contributed by atoms with Gasteiger partial charge in [-0.25, -0.2) is 0 Å². The first-order valence-corrected chi connectivity index (χ1v) is 6.62. The van der Waals surface area contributed by atoms with E-state index in [1.54, 1.807) is 0 Å². The number of piperazine rings is 1. The summed E-state index contributed by atoms with van der Waals surface area (Å²) in [4.78, 5) is 2.63. The largest absolute Gasteiger partial charge is 0.309 e. The Labute approximate surface area is 101 Å². The lowest BCUT2D eigenvalue weighted by molar-refractivity contribution is 0.0707. The monoisotopic (exact) mass is 224 g/mol. The van der Waals surface area contributed by atoms with Gasteiger partial charge in [-0.3, -0.25) is 4.90 Å². The maximum absolute atomic E-state index is 3.72. The molecule has 1 heterocycles. The highest BCUT2D eigenvalue weighted by Crippen LogP contribution is 2.22. The van der Waals surface area contributed by atoms with E-state index in [2.05, 4.69) is 57.0 Å². The molecule has 0 saturated carbocycles. The lowest BCUT2D eigenvalue weighted by Gasteiger charge is -2.47. The second kappa shape index (κ2) is 5.83. The summed E-state index contributed by atoms with van der Waals surface area (Å²) in [7, 11) is 0. The summed E-state index contributed by atoms with van der Waals surface area (Å²) in [5.74, 6) is 0.721. The maximum atomic E-state index is 3.72. The summed E-state index contributed by atoms with van der Waals surface area (Å²) in [5.41, 5.74) is 0.299. The molecule has 1 aliphatic heterocycles. The standard InChI is InChI=1S/C14H28N2/c1-6-8-9-16-11-14(5,7-2)15-10-13(16)12(3)4/h6,8,12-13,15H,7,9-11H2,1-5H3/b8-6+. The van der Waals surface area contributed by atoms with Crippen LogP contribution in [0.4, 0.5) is 0 Å². The lowest BCUT2D eigenvalue weighted by atomic mass is 9.90. The molecule has 0 aromatic heterocycles. The average molecular weight is 224 g/mol. The van der Waals surface area contributed by atoms with Gasteiger partial charge in [-0.1, -0.05) is 32.9 Å². The quantitative estimate of drug-likeness (QED) is 0.739. The summed E-state index contributed by atoms with van der Waals surface area (Å²) in [6, 6.07) is 0.677. The fourth-order valence-corrected chi connectivity index (χ4v) is 2.44. The highest BCUT2D eigenvalue weighted by Gasteiger charge is 2.34. The highest BCUT2D eigenvalue weighted by atomic mass is 15.2. The first kappa shape index (κ1) is 13.7. The lowest BCUT2D eigenvalue weighted by Crippen LogP contribution is -2.63. The van der Waals surface area contributed by atoms with Crippen LogP contribution in [-0.4, -0.2) is 36.1 Å². The number of hydrogen-bond donors (Lipinski definition) is 1. The molecule has 1 rings (SSSR count). The molecule has 0 amide bonds. The number of allylic oxidation sites excluding steroid dienone is 1. The maximum Gasteiger partial charge on any atom is 0.0278 e. The molecular formula is C14H28N2. The zero-order valence-corrected chi connectivity index (χ0v) is 11.6. The van der Waals surface area contributed by atoms with E-state index in [4.69, 9.17) is 0 Å². The van der Waals surface area contributed by atoms with Gasteiger partial charge in [-0.05, 0) is 26.2 Å². The van der Waals surface area contributed by atoms with Crippen molar-refractivity contribution in [2.24, 2.45) is 5.92 Å². The van der Waals surface area contributed by atoms with Gasteiger partial charge in [0.2, 0.25) is 0 Å². The Morgan fingerprint density at radius 2 is 2.19 bits per heavy atom. The van der Waals surface area contributed by atoms with Crippen molar-refractivity contribution < 1.29 is 0 Å². The van der Waals surface area contributed by atoms with Gasteiger partial charge in [-0.15, -0.1) is 0 Å². The first-order valence-electron chi connectivity index (χ1n) is 6.62. The molecule has 0 radical (unpaired) electrons. The Balaban J connectivity index is 2.69. The van der Waals surface area contributed by atoms with E-state index in [1.165, 1.54) is 6.42 Å². The van der Waals surface area contributed by atoms with E-state index in [9.17, 15) is 0 Å². The zero-order valence-electron chi connectivity index (χ0n) is 11.6. The Hall–Kier alpha value is -0.340. The Kier molecular flexibility index (Phi) is 5.00. The molecule has 0 spiro atoms. The zero-order chi connectivity index (χ0) is 12.2. The Morgan fingerprint density at radius 1 is 1.50 bits per heavy atom. The third kappa shape index (κ3) is 3.33. The Bertz CT molecular complexity index is 235. The van der Waals surface area contributed by atoms with Gasteiger partial charge in [0.25, 0.3) is 0 Å². The molecule has 2 atom stereocenters. The summed E-state index contributed by atoms with van der Waals surface area (Å²) >= 11 is 0. The highest BCUT2D eigenvalue weighted by molar-refractivity contribution is 4.97. The van der Waals surface area contributed by atoms with Gasteiger partial charge in [0, 0.05) is 31.2 Å². The van der Waals surface area contributed by atoms with Crippen LogP contribution >= 0.6 is 0 Å². The molecule has 94 valence electrons. The first-order chi connectivity index (χ1) is 7.52. The summed E-state index contributed by atoms with van der Waals surface area (Å²) in [6.07, 6.45) is 5.63. The summed E-state index contributed by atoms with van der Waals surface area (Å²) in [5, 5.41) is 3.72. The molecule has 0 bridgehead atoms. The van der Waals surface area contributed by atoms with Gasteiger partial charge < -0.3 is 5.32 Å². The molecule has 1 fully saturated rings. The molecule has 0 aliphatic carbocycles. The minimum Gasteiger partial charge on any atom is -0.309 e. The van der Waals surface area contributed by atoms with E-state index in [0.717, 1.165) is 25.6 Å². The number of hydrogen-bond acceptors (Lipinski definition) is 2. The predicted molar refractivity (Wildman–Crippen MR) is 71.7 cm³/mol. The predicted octanol–water partition coefficient (Wildman–Crippen LogP) is 2.66. The smallest absolute Gasteiger partial charge is 0.0278 e. The van der Waals surface area contributed by atoms with Crippen LogP contribution in [-0.2, 0) is 0 Å². The van der Waals surface area contributed by atoms with Crippen LogP contribution in [0.15, 0.2) is 12.2 Å². The summed E-state index contributed by atoms with van der Waals surface area (Å²) < 4.78 is 0. The minimum absolute atomic E-state index is 0.299. The van der Waals surface area contributed by atoms with Crippen molar-refractivity contribution >= 4 is 0 Å². The van der Waals surface area contributed by atoms with E-state index >= 15 is 0 Å². The third-order valence-electron chi connectivity index (χ3n) is 3.88. The molecule has 1 N–H and O–H groups in total. The van der Waals surface area contributed by atoms with Crippen molar-refractivity contribution in [3.63, 3.8) is 0 Å². The van der Waals surface area contributed by atoms with Crippen LogP contribution in [0.2, 0.25) is 0 Å². The van der Waals surface area contributed by atoms with Gasteiger partial charge in [0.05, 0.1) is 0 Å². The van der Waals surface area contributed by atoms with Crippen molar-refractivity contribution in [2.75, 3.05) is 19.6 Å². The van der Waals surface area contributed by atoms with Crippen LogP contribution in [0.1, 0.15) is 41.0 Å². The van der Waals surface area contributed by atoms with Gasteiger partial charge >= 0.3 is 0 Å². The molecule has 1 saturated heterocycles. The van der Waals surface area contributed by atoms with E-state index in [0.29, 0.717) is 11.6 Å². The normalized spacial score (nSPS) is 32.8. The SMILES string of the molecule is C/C=C/CN1CC(C)(CC)NCC1C(C)C. The Morgan fingerprint density at radius 3 is 2.69 bits per heavy atom. The number of nitrogens with zero attached hydrogens (tertiary/aromatic N) is 1. The van der Waals surface area contributed by atoms with Crippen LogP contribution in [0.5, 0.6) is 0 Å². The molecule has 0 aromatic carbocycles. The third-order valence-corrected chi connectivity index (χ3v) is 3.88. The van der Waals surface area contributed by atoms with Crippen LogP contribution in [0.25, 0.3) is 0 Å².